The molecule has 2 atom stereocenters. The minimum atomic E-state index is -0.0652. The van der Waals surface area contributed by atoms with Crippen molar-refractivity contribution in [2.24, 2.45) is 0 Å². The van der Waals surface area contributed by atoms with Crippen molar-refractivity contribution in [3.8, 4) is 11.6 Å². The number of rotatable bonds is 6. The Hall–Kier alpha value is -3.71. The smallest absolute Gasteiger partial charge is 0.170 e. The van der Waals surface area contributed by atoms with Crippen molar-refractivity contribution < 1.29 is 4.74 Å². The molecule has 1 aromatic carbocycles. The number of nitrogens with zero attached hydrogens (tertiary/aromatic N) is 4. The van der Waals surface area contributed by atoms with Gasteiger partial charge in [0.05, 0.1) is 24.9 Å². The number of nitrogens with one attached hydrogen (secondary N) is 1. The quantitative estimate of drug-likeness (QED) is 0.398. The highest BCUT2D eigenvalue weighted by Crippen LogP contribution is 2.42. The van der Waals surface area contributed by atoms with Gasteiger partial charge >= 0.3 is 0 Å². The Labute approximate surface area is 205 Å². The summed E-state index contributed by atoms with van der Waals surface area (Å²) in [6.45, 7) is 4.95. The summed E-state index contributed by atoms with van der Waals surface area (Å²) in [7, 11) is 1.68. The second kappa shape index (κ2) is 9.27. The lowest BCUT2D eigenvalue weighted by molar-refractivity contribution is 0.310. The van der Waals surface area contributed by atoms with Crippen LogP contribution < -0.4 is 10.1 Å². The summed E-state index contributed by atoms with van der Waals surface area (Å²) in [5, 5.41) is 4.27. The zero-order valence-corrected chi connectivity index (χ0v) is 20.3. The fourth-order valence-corrected chi connectivity index (χ4v) is 5.07. The SMILES string of the molecule is COc1ccc(CN2C(=S)N[C@@H](c3ccccn3)[C@@H]2c2cc(C)n(-c3ccccn3)c2C)cc1. The highest BCUT2D eigenvalue weighted by molar-refractivity contribution is 7.80. The van der Waals surface area contributed by atoms with Gasteiger partial charge in [0, 0.05) is 30.3 Å². The molecule has 172 valence electrons. The Morgan fingerprint density at radius 2 is 1.71 bits per heavy atom. The molecule has 1 fully saturated rings. The van der Waals surface area contributed by atoms with E-state index in [4.69, 9.17) is 17.0 Å². The topological polar surface area (TPSA) is 55.2 Å². The summed E-state index contributed by atoms with van der Waals surface area (Å²) in [6.07, 6.45) is 3.66. The van der Waals surface area contributed by atoms with E-state index in [1.807, 2.05) is 54.9 Å². The molecule has 7 heteroatoms. The van der Waals surface area contributed by atoms with Gasteiger partial charge in [-0.3, -0.25) is 4.98 Å². The monoisotopic (exact) mass is 469 g/mol. The molecule has 1 N–H and O–H groups in total. The molecular formula is C27H27N5OS. The largest absolute Gasteiger partial charge is 0.497 e. The van der Waals surface area contributed by atoms with Gasteiger partial charge in [0.25, 0.3) is 0 Å². The Balaban J connectivity index is 1.59. The van der Waals surface area contributed by atoms with E-state index >= 15 is 0 Å². The highest BCUT2D eigenvalue weighted by Gasteiger charge is 2.41. The van der Waals surface area contributed by atoms with Gasteiger partial charge < -0.3 is 19.5 Å². The van der Waals surface area contributed by atoms with Gasteiger partial charge in [-0.2, -0.15) is 0 Å². The number of thiocarbonyl (C=S) groups is 1. The van der Waals surface area contributed by atoms with E-state index in [1.165, 1.54) is 5.56 Å². The number of pyridine rings is 2. The Morgan fingerprint density at radius 1 is 0.971 bits per heavy atom. The zero-order valence-electron chi connectivity index (χ0n) is 19.5. The van der Waals surface area contributed by atoms with Crippen molar-refractivity contribution >= 4 is 17.3 Å². The number of hydrogen-bond donors (Lipinski definition) is 1. The second-order valence-corrected chi connectivity index (χ2v) is 8.84. The lowest BCUT2D eigenvalue weighted by atomic mass is 9.96. The van der Waals surface area contributed by atoms with Gasteiger partial charge in [-0.15, -0.1) is 0 Å². The number of aromatic nitrogens is 3. The molecule has 34 heavy (non-hydrogen) atoms. The maximum atomic E-state index is 5.86. The molecule has 3 aromatic heterocycles. The van der Waals surface area contributed by atoms with Gasteiger partial charge in [-0.1, -0.05) is 24.3 Å². The first-order chi connectivity index (χ1) is 16.6. The summed E-state index contributed by atoms with van der Waals surface area (Å²) in [5.41, 5.74) is 5.62. The number of ether oxygens (including phenoxy) is 1. The molecule has 0 unspecified atom stereocenters. The minimum Gasteiger partial charge on any atom is -0.497 e. The Bertz CT molecular complexity index is 1290. The van der Waals surface area contributed by atoms with Gasteiger partial charge in [-0.25, -0.2) is 4.98 Å². The first-order valence-electron chi connectivity index (χ1n) is 11.3. The maximum absolute atomic E-state index is 5.86. The number of methoxy groups -OCH3 is 1. The molecule has 1 saturated heterocycles. The van der Waals surface area contributed by atoms with Crippen molar-refractivity contribution in [2.45, 2.75) is 32.5 Å². The van der Waals surface area contributed by atoms with Crippen LogP contribution in [0.2, 0.25) is 0 Å². The van der Waals surface area contributed by atoms with Crippen molar-refractivity contribution in [3.05, 3.63) is 107 Å². The second-order valence-electron chi connectivity index (χ2n) is 8.45. The molecule has 0 bridgehead atoms. The molecule has 6 nitrogen and oxygen atoms in total. The number of benzene rings is 1. The van der Waals surface area contributed by atoms with Crippen LogP contribution in [-0.4, -0.2) is 31.7 Å². The summed E-state index contributed by atoms with van der Waals surface area (Å²) < 4.78 is 7.54. The lowest BCUT2D eigenvalue weighted by Crippen LogP contribution is -2.29. The van der Waals surface area contributed by atoms with E-state index in [0.717, 1.165) is 39.3 Å². The molecule has 0 radical (unpaired) electrons. The van der Waals surface area contributed by atoms with Crippen molar-refractivity contribution in [2.75, 3.05) is 7.11 Å². The third kappa shape index (κ3) is 4.03. The third-order valence-electron chi connectivity index (χ3n) is 6.38. The van der Waals surface area contributed by atoms with E-state index in [1.54, 1.807) is 7.11 Å². The fraction of sp³-hybridized carbons (Fsp3) is 0.222. The van der Waals surface area contributed by atoms with E-state index in [0.29, 0.717) is 6.54 Å². The maximum Gasteiger partial charge on any atom is 0.170 e. The Morgan fingerprint density at radius 3 is 2.35 bits per heavy atom. The number of aryl methyl sites for hydroxylation is 1. The summed E-state index contributed by atoms with van der Waals surface area (Å²) in [5.74, 6) is 1.75. The van der Waals surface area contributed by atoms with Crippen LogP contribution in [0.25, 0.3) is 5.82 Å². The molecule has 4 heterocycles. The molecule has 5 rings (SSSR count). The van der Waals surface area contributed by atoms with Gasteiger partial charge in [0.1, 0.15) is 11.6 Å². The fourth-order valence-electron chi connectivity index (χ4n) is 4.77. The molecule has 1 aliphatic rings. The normalized spacial score (nSPS) is 17.6. The van der Waals surface area contributed by atoms with Gasteiger partial charge in [0.15, 0.2) is 5.11 Å². The van der Waals surface area contributed by atoms with Crippen LogP contribution in [0.3, 0.4) is 0 Å². The molecule has 0 aliphatic carbocycles. The van der Waals surface area contributed by atoms with Crippen LogP contribution in [0.15, 0.2) is 79.1 Å². The molecule has 0 saturated carbocycles. The van der Waals surface area contributed by atoms with E-state index in [9.17, 15) is 0 Å². The predicted octanol–water partition coefficient (Wildman–Crippen LogP) is 5.07. The zero-order chi connectivity index (χ0) is 23.7. The van der Waals surface area contributed by atoms with Crippen LogP contribution >= 0.6 is 12.2 Å². The first kappa shape index (κ1) is 22.1. The molecule has 0 spiro atoms. The average molecular weight is 470 g/mol. The van der Waals surface area contributed by atoms with Crippen molar-refractivity contribution in [3.63, 3.8) is 0 Å². The third-order valence-corrected chi connectivity index (χ3v) is 6.73. The predicted molar refractivity (Wildman–Crippen MR) is 137 cm³/mol. The average Bonchev–Trinajstić information content (AvgIpc) is 3.35. The minimum absolute atomic E-state index is 0.0202. The van der Waals surface area contributed by atoms with Gasteiger partial charge in [-0.05, 0) is 79.7 Å². The highest BCUT2D eigenvalue weighted by atomic mass is 32.1. The van der Waals surface area contributed by atoms with Crippen LogP contribution in [0, 0.1) is 13.8 Å². The summed E-state index contributed by atoms with van der Waals surface area (Å²) in [6, 6.07) is 22.3. The molecule has 4 aromatic rings. The Kier molecular flexibility index (Phi) is 6.02. The standard InChI is InChI=1S/C27H27N5OS/c1-18-16-22(19(2)32(18)24-9-5-7-15-29-24)26-25(23-8-4-6-14-28-23)30-27(34)31(26)17-20-10-12-21(33-3)13-11-20/h4-16,25-26H,17H2,1-3H3,(H,30,34)/t25-,26-/m0/s1. The van der Waals surface area contributed by atoms with E-state index < -0.39 is 0 Å². The van der Waals surface area contributed by atoms with Crippen LogP contribution in [0.4, 0.5) is 0 Å². The van der Waals surface area contributed by atoms with E-state index in [2.05, 4.69) is 62.9 Å². The summed E-state index contributed by atoms with van der Waals surface area (Å²) >= 11 is 5.86. The molecular weight excluding hydrogens is 442 g/mol. The molecule has 0 amide bonds. The van der Waals surface area contributed by atoms with Crippen molar-refractivity contribution in [1.82, 2.24) is 24.8 Å². The molecule has 1 aliphatic heterocycles. The van der Waals surface area contributed by atoms with Crippen LogP contribution in [0.1, 0.15) is 40.3 Å². The first-order valence-corrected chi connectivity index (χ1v) is 11.7. The van der Waals surface area contributed by atoms with Crippen LogP contribution in [0.5, 0.6) is 5.75 Å². The summed E-state index contributed by atoms with van der Waals surface area (Å²) in [4.78, 5) is 11.5. The number of hydrogen-bond acceptors (Lipinski definition) is 4. The van der Waals surface area contributed by atoms with Crippen molar-refractivity contribution in [1.29, 1.82) is 0 Å². The van der Waals surface area contributed by atoms with Gasteiger partial charge in [0.2, 0.25) is 0 Å². The lowest BCUT2D eigenvalue weighted by Gasteiger charge is -2.28. The van der Waals surface area contributed by atoms with Crippen LogP contribution in [-0.2, 0) is 6.54 Å². The van der Waals surface area contributed by atoms with E-state index in [-0.39, 0.29) is 12.1 Å².